The highest BCUT2D eigenvalue weighted by molar-refractivity contribution is 5.08. The molecule has 0 aromatic carbocycles. The molecule has 0 unspecified atom stereocenters. The number of aromatic amines is 1. The van der Waals surface area contributed by atoms with E-state index in [1.165, 1.54) is 0 Å². The van der Waals surface area contributed by atoms with Crippen molar-refractivity contribution in [2.24, 2.45) is 5.92 Å². The van der Waals surface area contributed by atoms with E-state index in [0.717, 1.165) is 30.2 Å². The van der Waals surface area contributed by atoms with Gasteiger partial charge >= 0.3 is 0 Å². The summed E-state index contributed by atoms with van der Waals surface area (Å²) in [5, 5.41) is 3.99. The van der Waals surface area contributed by atoms with E-state index < -0.39 is 0 Å². The normalized spacial score (nSPS) is 11.7. The van der Waals surface area contributed by atoms with Crippen molar-refractivity contribution in [3.05, 3.63) is 29.4 Å². The third-order valence-corrected chi connectivity index (χ3v) is 2.86. The van der Waals surface area contributed by atoms with Gasteiger partial charge < -0.3 is 9.51 Å². The van der Waals surface area contributed by atoms with Crippen molar-refractivity contribution in [3.63, 3.8) is 0 Å². The second-order valence-corrected chi connectivity index (χ2v) is 5.35. The Morgan fingerprint density at radius 1 is 1.37 bits per heavy atom. The van der Waals surface area contributed by atoms with Crippen LogP contribution in [-0.2, 0) is 19.5 Å². The van der Waals surface area contributed by atoms with E-state index in [0.29, 0.717) is 18.4 Å². The molecule has 0 saturated heterocycles. The minimum Gasteiger partial charge on any atom is -0.348 e. The molecule has 0 bridgehead atoms. The van der Waals surface area contributed by atoms with Gasteiger partial charge in [0.25, 0.3) is 0 Å². The van der Waals surface area contributed by atoms with Gasteiger partial charge in [0, 0.05) is 18.7 Å². The van der Waals surface area contributed by atoms with Gasteiger partial charge in [0.15, 0.2) is 5.82 Å². The number of imidazole rings is 1. The Bertz CT molecular complexity index is 517. The zero-order valence-electron chi connectivity index (χ0n) is 12.0. The summed E-state index contributed by atoms with van der Waals surface area (Å²) in [5.74, 6) is 1.98. The van der Waals surface area contributed by atoms with Crippen LogP contribution >= 0.6 is 0 Å². The molecule has 0 aliphatic rings. The molecule has 19 heavy (non-hydrogen) atoms. The summed E-state index contributed by atoms with van der Waals surface area (Å²) in [6.07, 6.45) is 2.57. The molecule has 0 amide bonds. The number of aryl methyl sites for hydroxylation is 1. The molecule has 0 fully saturated rings. The quantitative estimate of drug-likeness (QED) is 0.862. The fourth-order valence-electron chi connectivity index (χ4n) is 1.89. The molecule has 0 radical (unpaired) electrons. The third-order valence-electron chi connectivity index (χ3n) is 2.86. The third kappa shape index (κ3) is 3.89. The van der Waals surface area contributed by atoms with Gasteiger partial charge in [-0.1, -0.05) is 19.0 Å². The molecule has 2 heterocycles. The maximum atomic E-state index is 5.25. The summed E-state index contributed by atoms with van der Waals surface area (Å²) in [6, 6.07) is 0. The van der Waals surface area contributed by atoms with Gasteiger partial charge in [-0.25, -0.2) is 4.98 Å². The first kappa shape index (κ1) is 13.7. The summed E-state index contributed by atoms with van der Waals surface area (Å²) in [6.45, 7) is 7.70. The lowest BCUT2D eigenvalue weighted by Gasteiger charge is -2.12. The van der Waals surface area contributed by atoms with Crippen LogP contribution in [0.4, 0.5) is 0 Å². The Morgan fingerprint density at radius 3 is 2.79 bits per heavy atom. The lowest BCUT2D eigenvalue weighted by atomic mass is 10.1. The molecule has 0 saturated carbocycles. The molecular formula is C13H21N5O. The zero-order valence-corrected chi connectivity index (χ0v) is 12.0. The van der Waals surface area contributed by atoms with Crippen molar-refractivity contribution in [1.82, 2.24) is 25.0 Å². The minimum absolute atomic E-state index is 0.537. The van der Waals surface area contributed by atoms with Crippen LogP contribution in [0.2, 0.25) is 0 Å². The van der Waals surface area contributed by atoms with E-state index in [9.17, 15) is 0 Å². The second kappa shape index (κ2) is 5.97. The average molecular weight is 263 g/mol. The lowest BCUT2D eigenvalue weighted by Crippen LogP contribution is -2.18. The standard InChI is InChI=1S/C13H21N5O/c1-9(2)5-12-16-13(19-17-12)7-18(4)6-11-10(3)14-8-15-11/h8-9H,5-7H2,1-4H3,(H,14,15). The molecule has 6 nitrogen and oxygen atoms in total. The molecule has 1 N–H and O–H groups in total. The van der Waals surface area contributed by atoms with Crippen molar-refractivity contribution in [2.75, 3.05) is 7.05 Å². The molecular weight excluding hydrogens is 242 g/mol. The van der Waals surface area contributed by atoms with Gasteiger partial charge in [-0.2, -0.15) is 4.98 Å². The van der Waals surface area contributed by atoms with Crippen LogP contribution in [0.3, 0.4) is 0 Å². The minimum atomic E-state index is 0.537. The first-order valence-corrected chi connectivity index (χ1v) is 6.53. The first-order chi connectivity index (χ1) is 9.04. The van der Waals surface area contributed by atoms with Gasteiger partial charge in [-0.3, -0.25) is 4.90 Å². The van der Waals surface area contributed by atoms with Crippen LogP contribution in [0.1, 0.15) is 37.0 Å². The average Bonchev–Trinajstić information content (AvgIpc) is 2.89. The summed E-state index contributed by atoms with van der Waals surface area (Å²) in [5.41, 5.74) is 2.14. The Hall–Kier alpha value is -1.69. The van der Waals surface area contributed by atoms with Gasteiger partial charge in [0.2, 0.25) is 5.89 Å². The topological polar surface area (TPSA) is 70.8 Å². The van der Waals surface area contributed by atoms with Gasteiger partial charge in [0.1, 0.15) is 0 Å². The molecule has 2 aromatic rings. The summed E-state index contributed by atoms with van der Waals surface area (Å²) < 4.78 is 5.25. The monoisotopic (exact) mass is 263 g/mol. The van der Waals surface area contributed by atoms with Crippen LogP contribution in [0.5, 0.6) is 0 Å². The van der Waals surface area contributed by atoms with E-state index in [-0.39, 0.29) is 0 Å². The number of aromatic nitrogens is 4. The van der Waals surface area contributed by atoms with Gasteiger partial charge in [-0.15, -0.1) is 0 Å². The van der Waals surface area contributed by atoms with Crippen LogP contribution < -0.4 is 0 Å². The summed E-state index contributed by atoms with van der Waals surface area (Å²) in [4.78, 5) is 13.9. The summed E-state index contributed by atoms with van der Waals surface area (Å²) >= 11 is 0. The second-order valence-electron chi connectivity index (χ2n) is 5.35. The Morgan fingerprint density at radius 2 is 2.16 bits per heavy atom. The first-order valence-electron chi connectivity index (χ1n) is 6.53. The van der Waals surface area contributed by atoms with Crippen LogP contribution in [0.25, 0.3) is 0 Å². The molecule has 0 spiro atoms. The largest absolute Gasteiger partial charge is 0.348 e. The molecule has 104 valence electrons. The molecule has 0 aliphatic heterocycles. The van der Waals surface area contributed by atoms with Crippen molar-refractivity contribution in [3.8, 4) is 0 Å². The number of nitrogens with zero attached hydrogens (tertiary/aromatic N) is 4. The number of hydrogen-bond donors (Lipinski definition) is 1. The number of rotatable bonds is 6. The fourth-order valence-corrected chi connectivity index (χ4v) is 1.89. The highest BCUT2D eigenvalue weighted by atomic mass is 16.5. The molecule has 2 rings (SSSR count). The number of H-pyrrole nitrogens is 1. The van der Waals surface area contributed by atoms with E-state index in [2.05, 4.69) is 38.9 Å². The predicted molar refractivity (Wildman–Crippen MR) is 71.3 cm³/mol. The molecule has 0 atom stereocenters. The maximum absolute atomic E-state index is 5.25. The van der Waals surface area contributed by atoms with E-state index in [4.69, 9.17) is 4.52 Å². The van der Waals surface area contributed by atoms with Gasteiger partial charge in [0.05, 0.1) is 18.6 Å². The highest BCUT2D eigenvalue weighted by Crippen LogP contribution is 2.09. The van der Waals surface area contributed by atoms with E-state index in [1.54, 1.807) is 6.33 Å². The molecule has 0 aliphatic carbocycles. The van der Waals surface area contributed by atoms with E-state index >= 15 is 0 Å². The smallest absolute Gasteiger partial charge is 0.240 e. The van der Waals surface area contributed by atoms with Crippen molar-refractivity contribution >= 4 is 0 Å². The van der Waals surface area contributed by atoms with E-state index in [1.807, 2.05) is 14.0 Å². The maximum Gasteiger partial charge on any atom is 0.240 e. The fraction of sp³-hybridized carbons (Fsp3) is 0.615. The van der Waals surface area contributed by atoms with Crippen molar-refractivity contribution < 1.29 is 4.52 Å². The Kier molecular flexibility index (Phi) is 4.31. The molecule has 2 aromatic heterocycles. The van der Waals surface area contributed by atoms with Crippen molar-refractivity contribution in [1.29, 1.82) is 0 Å². The van der Waals surface area contributed by atoms with Crippen molar-refractivity contribution in [2.45, 2.75) is 40.3 Å². The van der Waals surface area contributed by atoms with Crippen LogP contribution in [-0.4, -0.2) is 32.1 Å². The van der Waals surface area contributed by atoms with Gasteiger partial charge in [-0.05, 0) is 19.9 Å². The Balaban J connectivity index is 1.90. The number of hydrogen-bond acceptors (Lipinski definition) is 5. The highest BCUT2D eigenvalue weighted by Gasteiger charge is 2.12. The van der Waals surface area contributed by atoms with Crippen LogP contribution in [0, 0.1) is 12.8 Å². The predicted octanol–water partition coefficient (Wildman–Crippen LogP) is 1.93. The summed E-state index contributed by atoms with van der Waals surface area (Å²) in [7, 11) is 2.01. The van der Waals surface area contributed by atoms with Crippen LogP contribution in [0.15, 0.2) is 10.9 Å². The lowest BCUT2D eigenvalue weighted by molar-refractivity contribution is 0.258. The zero-order chi connectivity index (χ0) is 13.8. The molecule has 6 heteroatoms. The Labute approximate surface area is 113 Å². The number of nitrogens with one attached hydrogen (secondary N) is 1. The SMILES string of the molecule is Cc1[nH]cnc1CN(C)Cc1nc(CC(C)C)no1.